The second-order valence-electron chi connectivity index (χ2n) is 13.6. The first-order chi connectivity index (χ1) is 26.9. The molecule has 0 spiro atoms. The number of unbranched alkanes of at least 4 members (excludes halogenated alkanes) is 3. The van der Waals surface area contributed by atoms with Gasteiger partial charge in [-0.1, -0.05) is 31.0 Å². The number of aromatic nitrogens is 5. The number of imide groups is 1. The molecule has 0 unspecified atom stereocenters. The van der Waals surface area contributed by atoms with E-state index in [0.717, 1.165) is 47.4 Å². The summed E-state index contributed by atoms with van der Waals surface area (Å²) >= 11 is 0. The van der Waals surface area contributed by atoms with Gasteiger partial charge in [-0.05, 0) is 65.9 Å². The maximum atomic E-state index is 13.6. The maximum absolute atomic E-state index is 13.6. The standard InChI is InChI=1S/C39H36F3N9O5/c40-39(41,42)24-51-37(55)31(18-33(47-51)25-5-8-30(9-6-25)45-38(56)48-20-27-13-15-43-19-29(27)21-48)26-7-10-32-28(17-26)22-49(46-32)16-4-2-1-3-14-44-34(52)23-50-35(53)11-12-36(50)54/h5-13,15,17-19,22H,1-4,14,16,20-21,23-24H2,(H,44,52)(H,45,56). The number of rotatable bonds is 13. The summed E-state index contributed by atoms with van der Waals surface area (Å²) in [6.07, 6.45) is 5.97. The zero-order valence-electron chi connectivity index (χ0n) is 30.0. The zero-order chi connectivity index (χ0) is 39.4. The van der Waals surface area contributed by atoms with Gasteiger partial charge in [-0.3, -0.25) is 33.7 Å². The molecule has 0 radical (unpaired) electrons. The number of hydrogen-bond donors (Lipinski definition) is 2. The average Bonchev–Trinajstić information content (AvgIpc) is 3.88. The summed E-state index contributed by atoms with van der Waals surface area (Å²) in [4.78, 5) is 68.2. The van der Waals surface area contributed by atoms with Crippen LogP contribution in [0.2, 0.25) is 0 Å². The topological polar surface area (TPSA) is 164 Å². The Morgan fingerprint density at radius 2 is 1.55 bits per heavy atom. The monoisotopic (exact) mass is 767 g/mol. The summed E-state index contributed by atoms with van der Waals surface area (Å²) in [6, 6.07) is 14.6. The third kappa shape index (κ3) is 8.83. The van der Waals surface area contributed by atoms with E-state index in [2.05, 4.69) is 25.8 Å². The van der Waals surface area contributed by atoms with Crippen LogP contribution in [0.25, 0.3) is 33.3 Å². The van der Waals surface area contributed by atoms with E-state index in [1.54, 1.807) is 64.4 Å². The van der Waals surface area contributed by atoms with Gasteiger partial charge in [-0.2, -0.15) is 23.4 Å². The number of carbonyl (C=O) groups is 4. The number of halogens is 3. The van der Waals surface area contributed by atoms with Crippen LogP contribution in [0.15, 0.2) is 90.1 Å². The van der Waals surface area contributed by atoms with Gasteiger partial charge < -0.3 is 15.5 Å². The number of urea groups is 1. The minimum absolute atomic E-state index is 0.0387. The van der Waals surface area contributed by atoms with Gasteiger partial charge in [-0.25, -0.2) is 9.48 Å². The largest absolute Gasteiger partial charge is 0.408 e. The number of nitrogens with zero attached hydrogens (tertiary/aromatic N) is 7. The van der Waals surface area contributed by atoms with Gasteiger partial charge in [0.25, 0.3) is 17.4 Å². The lowest BCUT2D eigenvalue weighted by Crippen LogP contribution is -2.40. The van der Waals surface area contributed by atoms with Gasteiger partial charge in [0.15, 0.2) is 0 Å². The average molecular weight is 768 g/mol. The third-order valence-electron chi connectivity index (χ3n) is 9.45. The summed E-state index contributed by atoms with van der Waals surface area (Å²) in [5, 5.41) is 14.9. The molecule has 0 aliphatic carbocycles. The second kappa shape index (κ2) is 16.0. The molecule has 5 heterocycles. The van der Waals surface area contributed by atoms with E-state index in [0.29, 0.717) is 65.0 Å². The van der Waals surface area contributed by atoms with E-state index in [-0.39, 0.29) is 23.8 Å². The highest BCUT2D eigenvalue weighted by Gasteiger charge is 2.30. The molecule has 7 rings (SSSR count). The molecule has 2 aliphatic rings. The van der Waals surface area contributed by atoms with E-state index < -0.39 is 36.0 Å². The van der Waals surface area contributed by atoms with Gasteiger partial charge in [0.1, 0.15) is 13.1 Å². The Morgan fingerprint density at radius 3 is 2.30 bits per heavy atom. The van der Waals surface area contributed by atoms with Crippen LogP contribution in [0, 0.1) is 0 Å². The molecule has 14 nitrogen and oxygen atoms in total. The number of nitrogens with one attached hydrogen (secondary N) is 2. The number of hydrogen-bond acceptors (Lipinski definition) is 8. The molecule has 17 heteroatoms. The van der Waals surface area contributed by atoms with Crippen LogP contribution in [0.3, 0.4) is 0 Å². The van der Waals surface area contributed by atoms with E-state index in [1.807, 2.05) is 12.3 Å². The Bertz CT molecular complexity index is 2360. The number of alkyl halides is 3. The maximum Gasteiger partial charge on any atom is 0.408 e. The van der Waals surface area contributed by atoms with Crippen LogP contribution in [0.5, 0.6) is 0 Å². The minimum Gasteiger partial charge on any atom is -0.355 e. The van der Waals surface area contributed by atoms with Crippen molar-refractivity contribution in [2.45, 2.75) is 58.0 Å². The minimum atomic E-state index is -4.69. The summed E-state index contributed by atoms with van der Waals surface area (Å²) in [6.45, 7) is -0.000324. The van der Waals surface area contributed by atoms with E-state index in [4.69, 9.17) is 0 Å². The molecule has 0 atom stereocenters. The second-order valence-corrected chi connectivity index (χ2v) is 13.6. The van der Waals surface area contributed by atoms with Crippen molar-refractivity contribution in [1.82, 2.24) is 39.7 Å². The molecule has 2 aromatic carbocycles. The molecule has 56 heavy (non-hydrogen) atoms. The van der Waals surface area contributed by atoms with Gasteiger partial charge in [-0.15, -0.1) is 0 Å². The normalized spacial score (nSPS) is 13.8. The lowest BCUT2D eigenvalue weighted by molar-refractivity contribution is -0.143. The van der Waals surface area contributed by atoms with E-state index in [1.165, 1.54) is 6.07 Å². The predicted octanol–water partition coefficient (Wildman–Crippen LogP) is 5.03. The lowest BCUT2D eigenvalue weighted by Gasteiger charge is -2.17. The van der Waals surface area contributed by atoms with Crippen LogP contribution in [0.1, 0.15) is 36.8 Å². The van der Waals surface area contributed by atoms with Crippen LogP contribution in [0.4, 0.5) is 23.7 Å². The van der Waals surface area contributed by atoms with Gasteiger partial charge in [0.2, 0.25) is 5.91 Å². The Labute approximate surface area is 317 Å². The third-order valence-corrected chi connectivity index (χ3v) is 9.45. The number of aryl methyl sites for hydroxylation is 1. The van der Waals surface area contributed by atoms with Gasteiger partial charge in [0.05, 0.1) is 16.8 Å². The first-order valence-corrected chi connectivity index (χ1v) is 17.9. The molecule has 0 saturated carbocycles. The van der Waals surface area contributed by atoms with E-state index >= 15 is 0 Å². The van der Waals surface area contributed by atoms with Crippen LogP contribution < -0.4 is 16.2 Å². The Kier molecular flexibility index (Phi) is 10.7. The first-order valence-electron chi connectivity index (χ1n) is 17.9. The fourth-order valence-corrected chi connectivity index (χ4v) is 6.58. The highest BCUT2D eigenvalue weighted by atomic mass is 19.4. The SMILES string of the molecule is O=C(CN1C(=O)C=CC1=O)NCCCCCCn1cc2cc(-c3cc(-c4ccc(NC(=O)N5Cc6ccncc6C5)cc4)nn(CC(F)(F)F)c3=O)ccc2n1. The molecule has 2 aliphatic heterocycles. The van der Waals surface area contributed by atoms with Crippen molar-refractivity contribution in [2.24, 2.45) is 0 Å². The van der Waals surface area contributed by atoms with Crippen LogP contribution in [-0.2, 0) is 40.6 Å². The predicted molar refractivity (Wildman–Crippen MR) is 199 cm³/mol. The molecule has 0 fully saturated rings. The fraction of sp³-hybridized carbons (Fsp3) is 0.282. The molecule has 3 aromatic heterocycles. The van der Waals surface area contributed by atoms with Gasteiger partial charge in [0, 0.05) is 73.6 Å². The van der Waals surface area contributed by atoms with Crippen molar-refractivity contribution in [3.63, 3.8) is 0 Å². The summed E-state index contributed by atoms with van der Waals surface area (Å²) in [5.41, 5.74) is 3.27. The Hall–Kier alpha value is -6.65. The molecule has 288 valence electrons. The van der Waals surface area contributed by atoms with Crippen LogP contribution >= 0.6 is 0 Å². The van der Waals surface area contributed by atoms with Crippen molar-refractivity contribution in [3.8, 4) is 22.4 Å². The smallest absolute Gasteiger partial charge is 0.355 e. The van der Waals surface area contributed by atoms with Crippen molar-refractivity contribution >= 4 is 40.3 Å². The number of pyridine rings is 1. The fourth-order valence-electron chi connectivity index (χ4n) is 6.58. The number of carbonyl (C=O) groups excluding carboxylic acids is 4. The Morgan fingerprint density at radius 1 is 0.821 bits per heavy atom. The number of fused-ring (bicyclic) bond motifs is 2. The van der Waals surface area contributed by atoms with Crippen molar-refractivity contribution in [3.05, 3.63) is 107 Å². The molecule has 5 aromatic rings. The molecular weight excluding hydrogens is 731 g/mol. The van der Waals surface area contributed by atoms with Gasteiger partial charge >= 0.3 is 12.2 Å². The number of amides is 5. The highest BCUT2D eigenvalue weighted by molar-refractivity contribution is 6.14. The number of anilines is 1. The zero-order valence-corrected chi connectivity index (χ0v) is 30.0. The lowest BCUT2D eigenvalue weighted by atomic mass is 10.0. The van der Waals surface area contributed by atoms with Crippen LogP contribution in [-0.4, -0.2) is 77.4 Å². The first kappa shape index (κ1) is 37.7. The summed E-state index contributed by atoms with van der Waals surface area (Å²) < 4.78 is 43.0. The summed E-state index contributed by atoms with van der Waals surface area (Å²) in [7, 11) is 0. The van der Waals surface area contributed by atoms with E-state index in [9.17, 15) is 37.1 Å². The molecule has 5 amide bonds. The molecular formula is C39H36F3N9O5. The van der Waals surface area contributed by atoms with Crippen molar-refractivity contribution < 1.29 is 32.3 Å². The Balaban J connectivity index is 0.981. The highest BCUT2D eigenvalue weighted by Crippen LogP contribution is 2.28. The molecule has 2 N–H and O–H groups in total. The van der Waals surface area contributed by atoms with Crippen molar-refractivity contribution in [2.75, 3.05) is 18.4 Å². The quantitative estimate of drug-likeness (QED) is 0.124. The van der Waals surface area contributed by atoms with Crippen molar-refractivity contribution in [1.29, 1.82) is 0 Å². The molecule has 0 bridgehead atoms. The summed E-state index contributed by atoms with van der Waals surface area (Å²) in [5.74, 6) is -1.41. The molecule has 0 saturated heterocycles. The number of benzene rings is 2.